The maximum absolute atomic E-state index is 13.0. The third-order valence-corrected chi connectivity index (χ3v) is 4.52. The van der Waals surface area contributed by atoms with Crippen molar-refractivity contribution in [1.29, 1.82) is 0 Å². The molecule has 0 spiro atoms. The van der Waals surface area contributed by atoms with Crippen LogP contribution >= 0.6 is 0 Å². The molecule has 1 fully saturated rings. The fraction of sp³-hybridized carbons (Fsp3) is 0.611. The minimum atomic E-state index is -0.202. The predicted octanol–water partition coefficient (Wildman–Crippen LogP) is 1.66. The SMILES string of the molecule is COCCCNC(=O)CN1CCN([C@H](C)c2ccc(F)cc2)CC1. The summed E-state index contributed by atoms with van der Waals surface area (Å²) >= 11 is 0. The second kappa shape index (κ2) is 9.71. The molecule has 1 N–H and O–H groups in total. The molecule has 0 unspecified atom stereocenters. The number of carbonyl (C=O) groups excluding carboxylic acids is 1. The molecule has 1 atom stereocenters. The third-order valence-electron chi connectivity index (χ3n) is 4.52. The molecule has 0 radical (unpaired) electrons. The summed E-state index contributed by atoms with van der Waals surface area (Å²) in [4.78, 5) is 16.5. The van der Waals surface area contributed by atoms with Gasteiger partial charge in [0.05, 0.1) is 6.54 Å². The molecule has 0 saturated carbocycles. The van der Waals surface area contributed by atoms with Gasteiger partial charge in [0.25, 0.3) is 0 Å². The van der Waals surface area contributed by atoms with Gasteiger partial charge < -0.3 is 10.1 Å². The molecular formula is C18H28FN3O2. The Hall–Kier alpha value is -1.50. The van der Waals surface area contributed by atoms with Crippen LogP contribution < -0.4 is 5.32 Å². The van der Waals surface area contributed by atoms with Crippen LogP contribution in [0.4, 0.5) is 4.39 Å². The summed E-state index contributed by atoms with van der Waals surface area (Å²) in [5.74, 6) is -0.126. The summed E-state index contributed by atoms with van der Waals surface area (Å²) in [5.41, 5.74) is 1.13. The Morgan fingerprint density at radius 2 is 1.92 bits per heavy atom. The molecule has 0 bridgehead atoms. The molecule has 1 aliphatic heterocycles. The van der Waals surface area contributed by atoms with Crippen molar-refractivity contribution in [3.8, 4) is 0 Å². The summed E-state index contributed by atoms with van der Waals surface area (Å²) in [5, 5.41) is 2.92. The molecule has 5 nitrogen and oxygen atoms in total. The second-order valence-corrected chi connectivity index (χ2v) is 6.24. The van der Waals surface area contributed by atoms with Gasteiger partial charge in [-0.3, -0.25) is 14.6 Å². The molecule has 1 aliphatic rings. The zero-order valence-electron chi connectivity index (χ0n) is 14.6. The van der Waals surface area contributed by atoms with Crippen LogP contribution in [0.5, 0.6) is 0 Å². The third kappa shape index (κ3) is 5.85. The van der Waals surface area contributed by atoms with Crippen LogP contribution in [-0.4, -0.2) is 68.7 Å². The van der Waals surface area contributed by atoms with E-state index in [-0.39, 0.29) is 17.8 Å². The first-order valence-electron chi connectivity index (χ1n) is 8.57. The van der Waals surface area contributed by atoms with Crippen molar-refractivity contribution in [2.45, 2.75) is 19.4 Å². The molecule has 1 heterocycles. The molecule has 0 aliphatic carbocycles. The first kappa shape index (κ1) is 18.8. The number of nitrogens with one attached hydrogen (secondary N) is 1. The lowest BCUT2D eigenvalue weighted by atomic mass is 10.1. The Kier molecular flexibility index (Phi) is 7.62. The molecule has 1 saturated heterocycles. The lowest BCUT2D eigenvalue weighted by molar-refractivity contribution is -0.122. The van der Waals surface area contributed by atoms with Crippen LogP contribution in [0.3, 0.4) is 0 Å². The highest BCUT2D eigenvalue weighted by Crippen LogP contribution is 2.21. The Morgan fingerprint density at radius 1 is 1.25 bits per heavy atom. The van der Waals surface area contributed by atoms with Gasteiger partial charge in [-0.15, -0.1) is 0 Å². The van der Waals surface area contributed by atoms with Gasteiger partial charge >= 0.3 is 0 Å². The molecule has 2 rings (SSSR count). The van der Waals surface area contributed by atoms with Gasteiger partial charge in [0.2, 0.25) is 5.91 Å². The molecule has 6 heteroatoms. The van der Waals surface area contributed by atoms with E-state index in [1.165, 1.54) is 12.1 Å². The number of benzene rings is 1. The van der Waals surface area contributed by atoms with E-state index in [0.717, 1.165) is 38.2 Å². The van der Waals surface area contributed by atoms with E-state index in [0.29, 0.717) is 19.7 Å². The van der Waals surface area contributed by atoms with Crippen LogP contribution in [-0.2, 0) is 9.53 Å². The van der Waals surface area contributed by atoms with Crippen LogP contribution in [0.15, 0.2) is 24.3 Å². The summed E-state index contributed by atoms with van der Waals surface area (Å²) in [7, 11) is 1.66. The standard InChI is InChI=1S/C18H28FN3O2/c1-15(16-4-6-17(19)7-5-16)22-11-9-21(10-12-22)14-18(23)20-8-3-13-24-2/h4-7,15H,3,8-14H2,1-2H3,(H,20,23)/t15-/m1/s1. The number of halogens is 1. The predicted molar refractivity (Wildman–Crippen MR) is 92.3 cm³/mol. The molecule has 24 heavy (non-hydrogen) atoms. The highest BCUT2D eigenvalue weighted by atomic mass is 19.1. The van der Waals surface area contributed by atoms with E-state index in [2.05, 4.69) is 22.0 Å². The average Bonchev–Trinajstić information content (AvgIpc) is 2.59. The van der Waals surface area contributed by atoms with E-state index in [1.807, 2.05) is 12.1 Å². The first-order chi connectivity index (χ1) is 11.6. The van der Waals surface area contributed by atoms with Crippen LogP contribution in [0, 0.1) is 5.82 Å². The van der Waals surface area contributed by atoms with Gasteiger partial charge in [-0.2, -0.15) is 0 Å². The van der Waals surface area contributed by atoms with E-state index >= 15 is 0 Å². The van der Waals surface area contributed by atoms with Crippen molar-refractivity contribution < 1.29 is 13.9 Å². The van der Waals surface area contributed by atoms with E-state index < -0.39 is 0 Å². The van der Waals surface area contributed by atoms with E-state index in [4.69, 9.17) is 4.74 Å². The number of nitrogens with zero attached hydrogens (tertiary/aromatic N) is 2. The lowest BCUT2D eigenvalue weighted by Gasteiger charge is -2.38. The molecule has 0 aromatic heterocycles. The monoisotopic (exact) mass is 337 g/mol. The largest absolute Gasteiger partial charge is 0.385 e. The zero-order valence-corrected chi connectivity index (χ0v) is 14.6. The van der Waals surface area contributed by atoms with Crippen LogP contribution in [0.1, 0.15) is 24.9 Å². The maximum Gasteiger partial charge on any atom is 0.234 e. The van der Waals surface area contributed by atoms with Crippen molar-refractivity contribution in [2.24, 2.45) is 0 Å². The normalized spacial score (nSPS) is 17.6. The van der Waals surface area contributed by atoms with Crippen LogP contribution in [0.25, 0.3) is 0 Å². The number of piperazine rings is 1. The topological polar surface area (TPSA) is 44.8 Å². The minimum Gasteiger partial charge on any atom is -0.385 e. The number of ether oxygens (including phenoxy) is 1. The van der Waals surface area contributed by atoms with E-state index in [9.17, 15) is 9.18 Å². The second-order valence-electron chi connectivity index (χ2n) is 6.24. The number of hydrogen-bond donors (Lipinski definition) is 1. The van der Waals surface area contributed by atoms with Gasteiger partial charge in [-0.1, -0.05) is 12.1 Å². The molecule has 134 valence electrons. The molecule has 1 aromatic carbocycles. The van der Waals surface area contributed by atoms with Crippen molar-refractivity contribution >= 4 is 5.91 Å². The van der Waals surface area contributed by atoms with E-state index in [1.54, 1.807) is 7.11 Å². The maximum atomic E-state index is 13.0. The summed E-state index contributed by atoms with van der Waals surface area (Å²) in [6, 6.07) is 6.97. The Bertz CT molecular complexity index is 501. The Morgan fingerprint density at radius 3 is 2.54 bits per heavy atom. The Balaban J connectivity index is 1.71. The minimum absolute atomic E-state index is 0.0751. The number of rotatable bonds is 8. The van der Waals surface area contributed by atoms with Gasteiger partial charge in [0.15, 0.2) is 0 Å². The van der Waals surface area contributed by atoms with Gasteiger partial charge in [-0.05, 0) is 31.0 Å². The fourth-order valence-corrected chi connectivity index (χ4v) is 2.96. The average molecular weight is 337 g/mol. The number of hydrogen-bond acceptors (Lipinski definition) is 4. The van der Waals surface area contributed by atoms with Crippen molar-refractivity contribution in [3.05, 3.63) is 35.6 Å². The number of carbonyl (C=O) groups is 1. The highest BCUT2D eigenvalue weighted by Gasteiger charge is 2.23. The Labute approximate surface area is 143 Å². The van der Waals surface area contributed by atoms with Crippen molar-refractivity contribution in [3.63, 3.8) is 0 Å². The summed E-state index contributed by atoms with van der Waals surface area (Å²) < 4.78 is 18.0. The lowest BCUT2D eigenvalue weighted by Crippen LogP contribution is -2.50. The van der Waals surface area contributed by atoms with Crippen molar-refractivity contribution in [1.82, 2.24) is 15.1 Å². The van der Waals surface area contributed by atoms with Gasteiger partial charge in [0.1, 0.15) is 5.82 Å². The first-order valence-corrected chi connectivity index (χ1v) is 8.57. The number of methoxy groups -OCH3 is 1. The molecule has 1 amide bonds. The smallest absolute Gasteiger partial charge is 0.234 e. The van der Waals surface area contributed by atoms with Crippen molar-refractivity contribution in [2.75, 3.05) is 53.0 Å². The highest BCUT2D eigenvalue weighted by molar-refractivity contribution is 5.77. The molecule has 1 aromatic rings. The fourth-order valence-electron chi connectivity index (χ4n) is 2.96. The summed E-state index contributed by atoms with van der Waals surface area (Å²) in [6.07, 6.45) is 0.838. The molecular weight excluding hydrogens is 309 g/mol. The number of amides is 1. The van der Waals surface area contributed by atoms with Gasteiger partial charge in [0, 0.05) is 52.5 Å². The summed E-state index contributed by atoms with van der Waals surface area (Å²) in [6.45, 7) is 7.49. The van der Waals surface area contributed by atoms with Gasteiger partial charge in [-0.25, -0.2) is 4.39 Å². The quantitative estimate of drug-likeness (QED) is 0.733. The zero-order chi connectivity index (χ0) is 17.4. The van der Waals surface area contributed by atoms with Crippen LogP contribution in [0.2, 0.25) is 0 Å².